The van der Waals surface area contributed by atoms with E-state index in [1.807, 2.05) is 19.1 Å². The molecule has 2 heterocycles. The van der Waals surface area contributed by atoms with Crippen LogP contribution in [-0.2, 0) is 6.42 Å². The molecule has 0 saturated heterocycles. The third kappa shape index (κ3) is 4.33. The number of nitrogen functional groups attached to an aromatic ring is 2. The first-order chi connectivity index (χ1) is 16.3. The predicted molar refractivity (Wildman–Crippen MR) is 124 cm³/mol. The number of nitrogens with zero attached hydrogens (tertiary/aromatic N) is 5. The van der Waals surface area contributed by atoms with Crippen LogP contribution < -0.4 is 22.3 Å². The van der Waals surface area contributed by atoms with Gasteiger partial charge >= 0.3 is 0 Å². The molecule has 0 amide bonds. The van der Waals surface area contributed by atoms with Crippen LogP contribution >= 0.6 is 0 Å². The minimum atomic E-state index is -0.804. The largest absolute Gasteiger partial charge is 0.382 e. The van der Waals surface area contributed by atoms with E-state index >= 15 is 0 Å². The molecule has 2 aromatic carbocycles. The minimum absolute atomic E-state index is 0.0360. The van der Waals surface area contributed by atoms with Gasteiger partial charge in [0, 0.05) is 19.0 Å². The number of nitriles is 1. The SMILES string of the molecule is Cc1cccc2c(=O)n(-c3cc(F)cc(F)c3)c(CCCNc3nc(N)nc(N)c3C#N)nc12. The maximum atomic E-state index is 13.9. The first-order valence-electron chi connectivity index (χ1n) is 10.3. The fourth-order valence-electron chi connectivity index (χ4n) is 3.69. The van der Waals surface area contributed by atoms with Crippen molar-refractivity contribution >= 4 is 28.5 Å². The fraction of sp³-hybridized carbons (Fsp3) is 0.174. The zero-order valence-electron chi connectivity index (χ0n) is 18.1. The molecule has 0 saturated carbocycles. The molecular weight excluding hydrogens is 442 g/mol. The molecule has 0 spiro atoms. The molecule has 4 rings (SSSR count). The molecule has 0 aliphatic carbocycles. The zero-order chi connectivity index (χ0) is 24.4. The van der Waals surface area contributed by atoms with Gasteiger partial charge in [0.25, 0.3) is 5.56 Å². The van der Waals surface area contributed by atoms with E-state index in [9.17, 15) is 18.8 Å². The summed E-state index contributed by atoms with van der Waals surface area (Å²) in [5.41, 5.74) is 12.3. The Hall–Kier alpha value is -4.59. The second-order valence-electron chi connectivity index (χ2n) is 7.60. The topological polar surface area (TPSA) is 149 Å². The van der Waals surface area contributed by atoms with E-state index in [0.29, 0.717) is 29.7 Å². The van der Waals surface area contributed by atoms with Crippen LogP contribution in [0.1, 0.15) is 23.4 Å². The van der Waals surface area contributed by atoms with E-state index < -0.39 is 17.2 Å². The summed E-state index contributed by atoms with van der Waals surface area (Å²) in [7, 11) is 0. The van der Waals surface area contributed by atoms with E-state index in [4.69, 9.17) is 11.5 Å². The quantitative estimate of drug-likeness (QED) is 0.370. The maximum absolute atomic E-state index is 13.9. The summed E-state index contributed by atoms with van der Waals surface area (Å²) >= 11 is 0. The van der Waals surface area contributed by atoms with Crippen molar-refractivity contribution in [2.75, 3.05) is 23.3 Å². The number of para-hydroxylation sites is 1. The second-order valence-corrected chi connectivity index (χ2v) is 7.60. The Morgan fingerprint density at radius 3 is 2.56 bits per heavy atom. The van der Waals surface area contributed by atoms with E-state index in [1.165, 1.54) is 4.57 Å². The molecule has 0 radical (unpaired) electrons. The van der Waals surface area contributed by atoms with Crippen LogP contribution in [0.2, 0.25) is 0 Å². The third-order valence-corrected chi connectivity index (χ3v) is 5.21. The number of fused-ring (bicyclic) bond motifs is 1. The average molecular weight is 462 g/mol. The number of anilines is 3. The maximum Gasteiger partial charge on any atom is 0.265 e. The summed E-state index contributed by atoms with van der Waals surface area (Å²) < 4.78 is 29.1. The number of hydrogen-bond donors (Lipinski definition) is 3. The second kappa shape index (κ2) is 9.11. The van der Waals surface area contributed by atoms with Crippen molar-refractivity contribution in [2.45, 2.75) is 19.8 Å². The van der Waals surface area contributed by atoms with Gasteiger partial charge in [-0.05, 0) is 37.1 Å². The van der Waals surface area contributed by atoms with Gasteiger partial charge in [-0.25, -0.2) is 13.8 Å². The van der Waals surface area contributed by atoms with Crippen LogP contribution in [0.3, 0.4) is 0 Å². The molecule has 4 aromatic rings. The highest BCUT2D eigenvalue weighted by Crippen LogP contribution is 2.20. The van der Waals surface area contributed by atoms with Crippen molar-refractivity contribution in [3.8, 4) is 11.8 Å². The molecule has 34 heavy (non-hydrogen) atoms. The van der Waals surface area contributed by atoms with Crippen LogP contribution in [0.5, 0.6) is 0 Å². The molecule has 0 aliphatic heterocycles. The summed E-state index contributed by atoms with van der Waals surface area (Å²) in [4.78, 5) is 25.7. The smallest absolute Gasteiger partial charge is 0.265 e. The third-order valence-electron chi connectivity index (χ3n) is 5.21. The molecular formula is C23H20F2N8O. The Morgan fingerprint density at radius 2 is 1.85 bits per heavy atom. The number of rotatable bonds is 6. The summed E-state index contributed by atoms with van der Waals surface area (Å²) in [5, 5.41) is 12.6. The molecule has 0 unspecified atom stereocenters. The number of aromatic nitrogens is 4. The van der Waals surface area contributed by atoms with Crippen LogP contribution in [0, 0.1) is 29.9 Å². The van der Waals surface area contributed by atoms with Gasteiger partial charge in [-0.15, -0.1) is 0 Å². The molecule has 172 valence electrons. The van der Waals surface area contributed by atoms with Crippen molar-refractivity contribution in [1.29, 1.82) is 5.26 Å². The molecule has 5 N–H and O–H groups in total. The van der Waals surface area contributed by atoms with E-state index in [-0.39, 0.29) is 35.3 Å². The fourth-order valence-corrected chi connectivity index (χ4v) is 3.69. The first-order valence-corrected chi connectivity index (χ1v) is 10.3. The number of halogens is 2. The van der Waals surface area contributed by atoms with Gasteiger partial charge in [-0.3, -0.25) is 9.36 Å². The van der Waals surface area contributed by atoms with Crippen molar-refractivity contribution in [3.05, 3.63) is 75.3 Å². The Bertz CT molecular complexity index is 1490. The average Bonchev–Trinajstić information content (AvgIpc) is 2.76. The Balaban J connectivity index is 1.69. The van der Waals surface area contributed by atoms with Gasteiger partial charge in [-0.1, -0.05) is 12.1 Å². The van der Waals surface area contributed by atoms with Gasteiger partial charge in [0.15, 0.2) is 5.82 Å². The van der Waals surface area contributed by atoms with Crippen LogP contribution in [0.15, 0.2) is 41.2 Å². The molecule has 11 heteroatoms. The van der Waals surface area contributed by atoms with Gasteiger partial charge in [0.05, 0.1) is 16.6 Å². The first kappa shape index (κ1) is 22.6. The standard InChI is InChI=1S/C23H20F2N8O/c1-12-4-2-5-16-19(12)30-18(33(22(16)34)15-9-13(24)8-14(25)10-15)6-3-7-29-21-17(11-26)20(27)31-23(28)32-21/h2,4-5,8-10H,3,6-7H2,1H3,(H5,27,28,29,31,32). The summed E-state index contributed by atoms with van der Waals surface area (Å²) in [5.74, 6) is -1.19. The number of hydrogen-bond acceptors (Lipinski definition) is 8. The highest BCUT2D eigenvalue weighted by Gasteiger charge is 2.16. The summed E-state index contributed by atoms with van der Waals surface area (Å²) in [6.07, 6.45) is 0.721. The molecule has 0 atom stereocenters. The van der Waals surface area contributed by atoms with Crippen molar-refractivity contribution in [2.24, 2.45) is 0 Å². The molecule has 2 aromatic heterocycles. The normalized spacial score (nSPS) is 10.9. The lowest BCUT2D eigenvalue weighted by Gasteiger charge is -2.15. The number of aryl methyl sites for hydroxylation is 2. The predicted octanol–water partition coefficient (Wildman–Crippen LogP) is 2.84. The lowest BCUT2D eigenvalue weighted by Crippen LogP contribution is -2.25. The summed E-state index contributed by atoms with van der Waals surface area (Å²) in [6.45, 7) is 2.16. The van der Waals surface area contributed by atoms with Crippen LogP contribution in [-0.4, -0.2) is 26.1 Å². The van der Waals surface area contributed by atoms with Gasteiger partial charge in [0.2, 0.25) is 5.95 Å². The van der Waals surface area contributed by atoms with Crippen molar-refractivity contribution in [3.63, 3.8) is 0 Å². The lowest BCUT2D eigenvalue weighted by molar-refractivity contribution is 0.580. The number of nitrogens with one attached hydrogen (secondary N) is 1. The highest BCUT2D eigenvalue weighted by molar-refractivity contribution is 5.81. The van der Waals surface area contributed by atoms with E-state index in [1.54, 1.807) is 12.1 Å². The number of nitrogens with two attached hydrogens (primary N) is 2. The Kier molecular flexibility index (Phi) is 6.05. The van der Waals surface area contributed by atoms with Gasteiger partial charge in [-0.2, -0.15) is 15.2 Å². The van der Waals surface area contributed by atoms with E-state index in [2.05, 4.69) is 20.3 Å². The van der Waals surface area contributed by atoms with E-state index in [0.717, 1.165) is 23.8 Å². The minimum Gasteiger partial charge on any atom is -0.382 e. The highest BCUT2D eigenvalue weighted by atomic mass is 19.1. The molecule has 0 fully saturated rings. The number of benzene rings is 2. The van der Waals surface area contributed by atoms with Gasteiger partial charge < -0.3 is 16.8 Å². The van der Waals surface area contributed by atoms with Gasteiger partial charge in [0.1, 0.15) is 34.9 Å². The Morgan fingerprint density at radius 1 is 1.12 bits per heavy atom. The van der Waals surface area contributed by atoms with Crippen LogP contribution in [0.25, 0.3) is 16.6 Å². The lowest BCUT2D eigenvalue weighted by atomic mass is 10.1. The molecule has 9 nitrogen and oxygen atoms in total. The van der Waals surface area contributed by atoms with Crippen LogP contribution in [0.4, 0.5) is 26.4 Å². The molecule has 0 bridgehead atoms. The zero-order valence-corrected chi connectivity index (χ0v) is 18.1. The van der Waals surface area contributed by atoms with Crippen molar-refractivity contribution < 1.29 is 8.78 Å². The molecule has 0 aliphatic rings. The Labute approximate surface area is 192 Å². The monoisotopic (exact) mass is 462 g/mol. The van der Waals surface area contributed by atoms with Crippen molar-refractivity contribution in [1.82, 2.24) is 19.5 Å². The summed E-state index contributed by atoms with van der Waals surface area (Å²) in [6, 6.07) is 10.0.